The number of aromatic nitrogens is 1. The largest absolute Gasteiger partial charge is 0.454 e. The van der Waals surface area contributed by atoms with Crippen LogP contribution in [0.1, 0.15) is 29.5 Å². The number of nitrogens with zero attached hydrogens (tertiary/aromatic N) is 1. The number of nitrogens with one attached hydrogen (secondary N) is 3. The molecule has 1 aromatic carbocycles. The Kier molecular flexibility index (Phi) is 5.62. The molecule has 160 valence electrons. The lowest BCUT2D eigenvalue weighted by Crippen LogP contribution is -3.28. The highest BCUT2D eigenvalue weighted by Gasteiger charge is 2.26. The predicted molar refractivity (Wildman–Crippen MR) is 114 cm³/mol. The van der Waals surface area contributed by atoms with Crippen molar-refractivity contribution in [1.82, 2.24) is 4.98 Å². The topological polar surface area (TPSA) is 69.3 Å². The Labute approximate surface area is 181 Å². The molecule has 0 bridgehead atoms. The Morgan fingerprint density at radius 1 is 1.20 bits per heavy atom. The van der Waals surface area contributed by atoms with Crippen molar-refractivity contribution in [3.8, 4) is 11.5 Å². The molecule has 0 spiro atoms. The number of anilines is 1. The number of hydrogen-bond donors (Lipinski definition) is 3. The lowest BCUT2D eigenvalue weighted by molar-refractivity contribution is -1.02. The van der Waals surface area contributed by atoms with Gasteiger partial charge in [-0.3, -0.25) is 10.1 Å². The van der Waals surface area contributed by atoms with Crippen LogP contribution in [-0.2, 0) is 24.2 Å². The van der Waals surface area contributed by atoms with Gasteiger partial charge >= 0.3 is 0 Å². The van der Waals surface area contributed by atoms with Crippen LogP contribution in [0.25, 0.3) is 0 Å². The molecule has 5 rings (SSSR count). The maximum atomic E-state index is 12.5. The fraction of sp³-hybridized carbons (Fsp3) is 0.545. The summed E-state index contributed by atoms with van der Waals surface area (Å²) in [5.74, 6) is 2.50. The minimum absolute atomic E-state index is 0.0865. The predicted octanol–water partition coefficient (Wildman–Crippen LogP) is -0.0813. The number of ether oxygens (including phenoxy) is 2. The summed E-state index contributed by atoms with van der Waals surface area (Å²) < 4.78 is 10.9. The first-order valence-electron chi connectivity index (χ1n) is 11.0. The second kappa shape index (κ2) is 8.53. The van der Waals surface area contributed by atoms with Crippen molar-refractivity contribution in [2.45, 2.75) is 32.7 Å². The zero-order chi connectivity index (χ0) is 20.5. The first kappa shape index (κ1) is 19.8. The highest BCUT2D eigenvalue weighted by molar-refractivity contribution is 7.15. The standard InChI is InChI=1S/C22H28N4O3S/c1-15-2-4-17-20(10-15)30-22(23-17)24-21(27)13-26-8-6-25(7-9-26)12-16-3-5-18-19(11-16)29-14-28-18/h3,5,11,15H,2,4,6-10,12-14H2,1H3,(H,23,24,27)/p+2. The molecule has 1 atom stereocenters. The van der Waals surface area contributed by atoms with Gasteiger partial charge in [0.15, 0.2) is 23.2 Å². The van der Waals surface area contributed by atoms with Crippen LogP contribution in [0.4, 0.5) is 5.13 Å². The van der Waals surface area contributed by atoms with Crippen LogP contribution in [0.2, 0.25) is 0 Å². The zero-order valence-corrected chi connectivity index (χ0v) is 18.3. The molecule has 1 aliphatic carbocycles. The van der Waals surface area contributed by atoms with Gasteiger partial charge in [0.2, 0.25) is 6.79 Å². The molecule has 7 nitrogen and oxygen atoms in total. The lowest BCUT2D eigenvalue weighted by atomic mass is 9.93. The van der Waals surface area contributed by atoms with Crippen molar-refractivity contribution in [2.24, 2.45) is 5.92 Å². The monoisotopic (exact) mass is 430 g/mol. The summed E-state index contributed by atoms with van der Waals surface area (Å²) >= 11 is 1.66. The average Bonchev–Trinajstić information content (AvgIpc) is 3.34. The van der Waals surface area contributed by atoms with Gasteiger partial charge in [-0.25, -0.2) is 4.98 Å². The van der Waals surface area contributed by atoms with Crippen LogP contribution >= 0.6 is 11.3 Å². The minimum Gasteiger partial charge on any atom is -0.454 e. The lowest BCUT2D eigenvalue weighted by Gasteiger charge is -2.29. The molecule has 1 saturated heterocycles. The summed E-state index contributed by atoms with van der Waals surface area (Å²) in [6.45, 7) is 8.29. The quantitative estimate of drug-likeness (QED) is 0.621. The number of piperazine rings is 1. The number of thiazole rings is 1. The molecule has 1 aromatic heterocycles. The van der Waals surface area contributed by atoms with E-state index in [1.165, 1.54) is 27.5 Å². The van der Waals surface area contributed by atoms with Crippen molar-refractivity contribution in [1.29, 1.82) is 0 Å². The van der Waals surface area contributed by atoms with Gasteiger partial charge in [-0.15, -0.1) is 11.3 Å². The van der Waals surface area contributed by atoms with Crippen LogP contribution in [0.3, 0.4) is 0 Å². The Bertz CT molecular complexity index is 923. The van der Waals surface area contributed by atoms with Crippen molar-refractivity contribution in [2.75, 3.05) is 44.8 Å². The molecule has 2 aromatic rings. The van der Waals surface area contributed by atoms with Gasteiger partial charge in [0.05, 0.1) is 5.69 Å². The first-order chi connectivity index (χ1) is 14.6. The van der Waals surface area contributed by atoms with Gasteiger partial charge in [0.25, 0.3) is 5.91 Å². The fourth-order valence-corrected chi connectivity index (χ4v) is 5.82. The van der Waals surface area contributed by atoms with Crippen LogP contribution in [0.5, 0.6) is 11.5 Å². The number of amides is 1. The number of carbonyl (C=O) groups is 1. The van der Waals surface area contributed by atoms with Gasteiger partial charge in [0, 0.05) is 10.4 Å². The zero-order valence-electron chi connectivity index (χ0n) is 17.5. The SMILES string of the molecule is CC1CCc2nc(NC(=O)C[NH+]3CC[NH+](Cc4ccc5c(c4)OCO5)CC3)sc2C1. The molecule has 3 aliphatic rings. The Hall–Kier alpha value is -2.16. The van der Waals surface area contributed by atoms with E-state index in [1.807, 2.05) is 6.07 Å². The Morgan fingerprint density at radius 3 is 2.87 bits per heavy atom. The van der Waals surface area contributed by atoms with E-state index < -0.39 is 0 Å². The third kappa shape index (κ3) is 4.45. The van der Waals surface area contributed by atoms with E-state index in [4.69, 9.17) is 9.47 Å². The van der Waals surface area contributed by atoms with Crippen molar-refractivity contribution >= 4 is 22.4 Å². The van der Waals surface area contributed by atoms with Gasteiger partial charge in [0.1, 0.15) is 32.7 Å². The normalized spacial score (nSPS) is 25.0. The van der Waals surface area contributed by atoms with Crippen LogP contribution in [0, 0.1) is 5.92 Å². The first-order valence-corrected chi connectivity index (χ1v) is 11.8. The summed E-state index contributed by atoms with van der Waals surface area (Å²) in [5, 5.41) is 3.83. The van der Waals surface area contributed by atoms with E-state index in [0.29, 0.717) is 13.3 Å². The summed E-state index contributed by atoms with van der Waals surface area (Å²) in [6, 6.07) is 6.22. The number of aryl methyl sites for hydroxylation is 1. The molecule has 0 saturated carbocycles. The van der Waals surface area contributed by atoms with Gasteiger partial charge in [-0.2, -0.15) is 0 Å². The summed E-state index contributed by atoms with van der Waals surface area (Å²) in [5.41, 5.74) is 2.47. The molecule has 8 heteroatoms. The molecular formula is C22H30N4O3S+2. The molecule has 1 unspecified atom stereocenters. The van der Waals surface area contributed by atoms with E-state index in [-0.39, 0.29) is 5.91 Å². The fourth-order valence-electron chi connectivity index (χ4n) is 4.63. The van der Waals surface area contributed by atoms with E-state index in [1.54, 1.807) is 16.2 Å². The number of hydrogen-bond acceptors (Lipinski definition) is 5. The maximum Gasteiger partial charge on any atom is 0.281 e. The smallest absolute Gasteiger partial charge is 0.281 e. The number of quaternary nitrogens is 2. The third-order valence-electron chi connectivity index (χ3n) is 6.40. The van der Waals surface area contributed by atoms with Crippen molar-refractivity contribution in [3.63, 3.8) is 0 Å². The number of rotatable bonds is 5. The molecule has 2 aliphatic heterocycles. The summed E-state index contributed by atoms with van der Waals surface area (Å²) in [7, 11) is 0. The van der Waals surface area contributed by atoms with Crippen LogP contribution in [0.15, 0.2) is 18.2 Å². The highest BCUT2D eigenvalue weighted by atomic mass is 32.1. The summed E-state index contributed by atoms with van der Waals surface area (Å²) in [6.07, 6.45) is 3.34. The van der Waals surface area contributed by atoms with Gasteiger partial charge < -0.3 is 19.3 Å². The molecule has 3 heterocycles. The second-order valence-electron chi connectivity index (χ2n) is 8.83. The Morgan fingerprint density at radius 2 is 2.00 bits per heavy atom. The average molecular weight is 431 g/mol. The van der Waals surface area contributed by atoms with E-state index in [0.717, 1.165) is 68.1 Å². The molecule has 0 radical (unpaired) electrons. The minimum atomic E-state index is 0.0865. The molecule has 3 N–H and O–H groups in total. The maximum absolute atomic E-state index is 12.5. The van der Waals surface area contributed by atoms with Crippen LogP contribution in [-0.4, -0.2) is 50.4 Å². The third-order valence-corrected chi connectivity index (χ3v) is 7.43. The second-order valence-corrected chi connectivity index (χ2v) is 9.91. The van der Waals surface area contributed by atoms with E-state index >= 15 is 0 Å². The van der Waals surface area contributed by atoms with E-state index in [9.17, 15) is 4.79 Å². The van der Waals surface area contributed by atoms with Crippen molar-refractivity contribution < 1.29 is 24.1 Å². The Balaban J connectivity index is 1.08. The molecular weight excluding hydrogens is 400 g/mol. The van der Waals surface area contributed by atoms with Crippen LogP contribution < -0.4 is 24.6 Å². The number of carbonyl (C=O) groups excluding carboxylic acids is 1. The molecule has 1 fully saturated rings. The molecule has 1 amide bonds. The van der Waals surface area contributed by atoms with E-state index in [2.05, 4.69) is 29.4 Å². The van der Waals surface area contributed by atoms with Gasteiger partial charge in [-0.1, -0.05) is 6.92 Å². The van der Waals surface area contributed by atoms with Crippen molar-refractivity contribution in [3.05, 3.63) is 34.3 Å². The highest BCUT2D eigenvalue weighted by Crippen LogP contribution is 2.33. The summed E-state index contributed by atoms with van der Waals surface area (Å²) in [4.78, 5) is 21.5. The number of benzene rings is 1. The number of fused-ring (bicyclic) bond motifs is 2. The van der Waals surface area contributed by atoms with Gasteiger partial charge in [-0.05, 0) is 43.4 Å². The molecule has 30 heavy (non-hydrogen) atoms.